The van der Waals surface area contributed by atoms with Gasteiger partial charge in [0.05, 0.1) is 62.7 Å². The van der Waals surface area contributed by atoms with Gasteiger partial charge in [0.25, 0.3) is 0 Å². The first-order chi connectivity index (χ1) is 24.7. The molecule has 9 aromatic rings. The molecule has 9 rings (SSSR count). The average Bonchev–Trinajstić information content (AvgIpc) is 3.69. The highest BCUT2D eigenvalue weighted by molar-refractivity contribution is 6.11. The van der Waals surface area contributed by atoms with E-state index >= 15 is 0 Å². The van der Waals surface area contributed by atoms with Crippen LogP contribution in [0.4, 0.5) is 0 Å². The molecule has 0 aliphatic carbocycles. The second-order valence-electron chi connectivity index (χ2n) is 12.3. The van der Waals surface area contributed by atoms with Crippen LogP contribution in [0.3, 0.4) is 0 Å². The Morgan fingerprint density at radius 3 is 1.66 bits per heavy atom. The zero-order valence-corrected chi connectivity index (χ0v) is 26.7. The van der Waals surface area contributed by atoms with Crippen LogP contribution in [0.1, 0.15) is 16.7 Å². The summed E-state index contributed by atoms with van der Waals surface area (Å²) in [4.78, 5) is 0. The highest BCUT2D eigenvalue weighted by Crippen LogP contribution is 2.38. The molecule has 0 amide bonds. The molecule has 7 aromatic carbocycles. The van der Waals surface area contributed by atoms with Gasteiger partial charge in [0, 0.05) is 32.8 Å². The normalized spacial score (nSPS) is 11.1. The van der Waals surface area contributed by atoms with Crippen molar-refractivity contribution in [1.29, 1.82) is 15.8 Å². The van der Waals surface area contributed by atoms with Gasteiger partial charge in [-0.05, 0) is 77.4 Å². The zero-order chi connectivity index (χ0) is 33.8. The van der Waals surface area contributed by atoms with Gasteiger partial charge >= 0.3 is 0 Å². The third kappa shape index (κ3) is 4.38. The van der Waals surface area contributed by atoms with Crippen LogP contribution >= 0.6 is 0 Å². The summed E-state index contributed by atoms with van der Waals surface area (Å²) in [6, 6.07) is 57.8. The van der Waals surface area contributed by atoms with Crippen molar-refractivity contribution in [1.82, 2.24) is 9.13 Å². The van der Waals surface area contributed by atoms with Gasteiger partial charge < -0.3 is 9.13 Å². The zero-order valence-electron chi connectivity index (χ0n) is 26.7. The van der Waals surface area contributed by atoms with Crippen molar-refractivity contribution < 1.29 is 0 Å². The van der Waals surface area contributed by atoms with Gasteiger partial charge in [0.1, 0.15) is 0 Å². The fourth-order valence-electron chi connectivity index (χ4n) is 7.38. The topological polar surface area (TPSA) is 81.2 Å². The Morgan fingerprint density at radius 2 is 0.960 bits per heavy atom. The van der Waals surface area contributed by atoms with Crippen LogP contribution in [0.25, 0.3) is 77.2 Å². The Hall–Kier alpha value is -7.39. The minimum atomic E-state index is 0.571. The van der Waals surface area contributed by atoms with Crippen LogP contribution in [0.15, 0.2) is 152 Å². The molecule has 0 fully saturated rings. The Morgan fingerprint density at radius 1 is 0.380 bits per heavy atom. The van der Waals surface area contributed by atoms with Gasteiger partial charge in [-0.3, -0.25) is 0 Å². The molecule has 0 saturated carbocycles. The van der Waals surface area contributed by atoms with E-state index in [1.165, 1.54) is 10.8 Å². The van der Waals surface area contributed by atoms with Crippen LogP contribution in [-0.4, -0.2) is 9.13 Å². The summed E-state index contributed by atoms with van der Waals surface area (Å²) in [6.07, 6.45) is 0. The monoisotopic (exact) mass is 635 g/mol. The molecule has 0 radical (unpaired) electrons. The number of hydrogen-bond acceptors (Lipinski definition) is 3. The van der Waals surface area contributed by atoms with E-state index in [0.717, 1.165) is 66.5 Å². The Labute approximate surface area is 287 Å². The number of aromatic nitrogens is 2. The first-order valence-corrected chi connectivity index (χ1v) is 16.3. The van der Waals surface area contributed by atoms with Gasteiger partial charge in [-0.1, -0.05) is 91.0 Å². The number of nitrogens with zero attached hydrogens (tertiary/aromatic N) is 5. The van der Waals surface area contributed by atoms with Crippen molar-refractivity contribution >= 4 is 43.6 Å². The highest BCUT2D eigenvalue weighted by atomic mass is 15.0. The van der Waals surface area contributed by atoms with Crippen molar-refractivity contribution in [3.8, 4) is 51.8 Å². The molecule has 50 heavy (non-hydrogen) atoms. The van der Waals surface area contributed by atoms with E-state index in [0.29, 0.717) is 16.7 Å². The summed E-state index contributed by atoms with van der Waals surface area (Å²) in [5.74, 6) is 0. The second-order valence-corrected chi connectivity index (χ2v) is 12.3. The molecular weight excluding hydrogens is 611 g/mol. The fourth-order valence-corrected chi connectivity index (χ4v) is 7.38. The van der Waals surface area contributed by atoms with Gasteiger partial charge in [-0.2, -0.15) is 15.8 Å². The molecule has 0 unspecified atom stereocenters. The smallest absolute Gasteiger partial charge is 0.0998 e. The van der Waals surface area contributed by atoms with E-state index in [9.17, 15) is 15.8 Å². The molecule has 0 aliphatic rings. The van der Waals surface area contributed by atoms with E-state index in [4.69, 9.17) is 0 Å². The SMILES string of the molecule is N#Cc1ccc2c(c1)c1ccc(C#N)cc1n2-c1ccccc1-c1ccc(-c2ccc(-n3c4ccccc4c4ccccc43)cc2C#N)cc1. The van der Waals surface area contributed by atoms with Gasteiger partial charge in [0.15, 0.2) is 0 Å². The van der Waals surface area contributed by atoms with Gasteiger partial charge in [0.2, 0.25) is 0 Å². The lowest BCUT2D eigenvalue weighted by atomic mass is 9.96. The fraction of sp³-hybridized carbons (Fsp3) is 0. The summed E-state index contributed by atoms with van der Waals surface area (Å²) in [5, 5.41) is 34.0. The molecular formula is C45H25N5. The first kappa shape index (κ1) is 28.8. The summed E-state index contributed by atoms with van der Waals surface area (Å²) in [5.41, 5.74) is 11.6. The Kier molecular flexibility index (Phi) is 6.56. The van der Waals surface area contributed by atoms with E-state index in [-0.39, 0.29) is 0 Å². The maximum Gasteiger partial charge on any atom is 0.0998 e. The largest absolute Gasteiger partial charge is 0.309 e. The van der Waals surface area contributed by atoms with Crippen molar-refractivity contribution in [2.45, 2.75) is 0 Å². The van der Waals surface area contributed by atoms with E-state index in [1.54, 1.807) is 0 Å². The lowest BCUT2D eigenvalue weighted by Gasteiger charge is -2.15. The summed E-state index contributed by atoms with van der Waals surface area (Å²) >= 11 is 0. The third-order valence-corrected chi connectivity index (χ3v) is 9.64. The molecule has 5 nitrogen and oxygen atoms in total. The number of benzene rings is 7. The minimum absolute atomic E-state index is 0.571. The Balaban J connectivity index is 1.15. The number of hydrogen-bond donors (Lipinski definition) is 0. The molecule has 0 N–H and O–H groups in total. The van der Waals surface area contributed by atoms with Crippen molar-refractivity contribution in [3.05, 3.63) is 168 Å². The van der Waals surface area contributed by atoms with Gasteiger partial charge in [-0.25, -0.2) is 0 Å². The van der Waals surface area contributed by atoms with Crippen LogP contribution < -0.4 is 0 Å². The minimum Gasteiger partial charge on any atom is -0.309 e. The molecule has 0 bridgehead atoms. The third-order valence-electron chi connectivity index (χ3n) is 9.64. The standard InChI is InChI=1S/C45H25N5/c46-26-29-14-22-44-40(23-29)39-20-13-30(27-47)24-45(39)50(44)41-10-4-1-7-36(41)32-17-15-31(16-18-32)35-21-19-34(25-33(35)28-48)49-42-11-5-2-8-37(42)38-9-3-6-12-43(38)49/h1-25H. The molecule has 0 aliphatic heterocycles. The van der Waals surface area contributed by atoms with Crippen LogP contribution in [0, 0.1) is 34.0 Å². The lowest BCUT2D eigenvalue weighted by molar-refractivity contribution is 1.18. The maximum absolute atomic E-state index is 10.3. The average molecular weight is 636 g/mol. The van der Waals surface area contributed by atoms with Gasteiger partial charge in [-0.15, -0.1) is 0 Å². The van der Waals surface area contributed by atoms with E-state index < -0.39 is 0 Å². The molecule has 5 heteroatoms. The van der Waals surface area contributed by atoms with Crippen LogP contribution in [-0.2, 0) is 0 Å². The maximum atomic E-state index is 10.3. The quantitative estimate of drug-likeness (QED) is 0.193. The highest BCUT2D eigenvalue weighted by Gasteiger charge is 2.18. The molecule has 2 aromatic heterocycles. The number of nitriles is 3. The first-order valence-electron chi connectivity index (χ1n) is 16.3. The van der Waals surface area contributed by atoms with E-state index in [1.807, 2.05) is 72.8 Å². The summed E-state index contributed by atoms with van der Waals surface area (Å²) in [7, 11) is 0. The van der Waals surface area contributed by atoms with Crippen molar-refractivity contribution in [3.63, 3.8) is 0 Å². The van der Waals surface area contributed by atoms with E-state index in [2.05, 4.69) is 106 Å². The number of fused-ring (bicyclic) bond motifs is 6. The predicted octanol–water partition coefficient (Wildman–Crippen LogP) is 10.8. The van der Waals surface area contributed by atoms with Crippen LogP contribution in [0.2, 0.25) is 0 Å². The molecule has 0 atom stereocenters. The van der Waals surface area contributed by atoms with Crippen molar-refractivity contribution in [2.24, 2.45) is 0 Å². The number of rotatable bonds is 4. The molecule has 230 valence electrons. The molecule has 0 spiro atoms. The van der Waals surface area contributed by atoms with Crippen molar-refractivity contribution in [2.75, 3.05) is 0 Å². The lowest BCUT2D eigenvalue weighted by Crippen LogP contribution is -1.98. The second kappa shape index (κ2) is 11.4. The molecule has 0 saturated heterocycles. The summed E-state index contributed by atoms with van der Waals surface area (Å²) < 4.78 is 4.40. The summed E-state index contributed by atoms with van der Waals surface area (Å²) in [6.45, 7) is 0. The Bertz CT molecular complexity index is 2900. The molecule has 2 heterocycles. The predicted molar refractivity (Wildman–Crippen MR) is 200 cm³/mol. The number of para-hydroxylation sites is 3. The van der Waals surface area contributed by atoms with Crippen LogP contribution in [0.5, 0.6) is 0 Å².